The summed E-state index contributed by atoms with van der Waals surface area (Å²) in [6, 6.07) is 13.0. The molecule has 0 saturated carbocycles. The Morgan fingerprint density at radius 2 is 1.80 bits per heavy atom. The first kappa shape index (κ1) is 17.0. The van der Waals surface area contributed by atoms with Gasteiger partial charge in [0.15, 0.2) is 0 Å². The second-order valence-corrected chi connectivity index (χ2v) is 6.23. The molecule has 3 nitrogen and oxygen atoms in total. The summed E-state index contributed by atoms with van der Waals surface area (Å²) in [4.78, 5) is 4.16. The van der Waals surface area contributed by atoms with Crippen LogP contribution in [0.2, 0.25) is 0 Å². The molecule has 0 saturated heterocycles. The first-order chi connectivity index (χ1) is 12.0. The number of hydrogen-bond acceptors (Lipinski definition) is 3. The van der Waals surface area contributed by atoms with E-state index in [0.717, 1.165) is 44.9 Å². The monoisotopic (exact) mass is 336 g/mol. The Morgan fingerprint density at radius 3 is 2.48 bits per heavy atom. The highest BCUT2D eigenvalue weighted by Gasteiger charge is 2.10. The van der Waals surface area contributed by atoms with Crippen molar-refractivity contribution in [1.82, 2.24) is 4.98 Å². The van der Waals surface area contributed by atoms with Crippen LogP contribution in [0.5, 0.6) is 5.75 Å². The summed E-state index contributed by atoms with van der Waals surface area (Å²) in [7, 11) is 0. The molecule has 0 radical (unpaired) electrons. The highest BCUT2D eigenvalue weighted by Crippen LogP contribution is 2.30. The van der Waals surface area contributed by atoms with Gasteiger partial charge in [0.1, 0.15) is 18.2 Å². The number of halogens is 1. The van der Waals surface area contributed by atoms with E-state index in [9.17, 15) is 4.39 Å². The maximum atomic E-state index is 13.1. The molecule has 3 rings (SSSR count). The molecule has 0 bridgehead atoms. The van der Waals surface area contributed by atoms with Gasteiger partial charge in [0.2, 0.25) is 0 Å². The van der Waals surface area contributed by atoms with Gasteiger partial charge in [-0.3, -0.25) is 4.98 Å². The highest BCUT2D eigenvalue weighted by molar-refractivity contribution is 5.66. The lowest BCUT2D eigenvalue weighted by atomic mass is 10.0. The SMILES string of the molecule is Cc1cc(-c2ccc(F)cn2)c(C)cc1OCc1c(C)cccc1N. The largest absolute Gasteiger partial charge is 0.489 e. The minimum absolute atomic E-state index is 0.339. The van der Waals surface area contributed by atoms with Crippen molar-refractivity contribution in [3.63, 3.8) is 0 Å². The summed E-state index contributed by atoms with van der Waals surface area (Å²) in [6.45, 7) is 6.43. The van der Waals surface area contributed by atoms with Gasteiger partial charge in [0, 0.05) is 16.8 Å². The van der Waals surface area contributed by atoms with E-state index < -0.39 is 0 Å². The number of ether oxygens (including phenoxy) is 1. The van der Waals surface area contributed by atoms with Crippen molar-refractivity contribution >= 4 is 5.69 Å². The minimum atomic E-state index is -0.339. The highest BCUT2D eigenvalue weighted by atomic mass is 19.1. The second-order valence-electron chi connectivity index (χ2n) is 6.23. The molecule has 0 aliphatic carbocycles. The van der Waals surface area contributed by atoms with Crippen molar-refractivity contribution in [3.05, 3.63) is 76.7 Å². The lowest BCUT2D eigenvalue weighted by molar-refractivity contribution is 0.304. The number of hydrogen-bond donors (Lipinski definition) is 1. The summed E-state index contributed by atoms with van der Waals surface area (Å²) in [5.41, 5.74) is 12.6. The molecule has 0 fully saturated rings. The minimum Gasteiger partial charge on any atom is -0.489 e. The molecule has 128 valence electrons. The fourth-order valence-electron chi connectivity index (χ4n) is 2.83. The van der Waals surface area contributed by atoms with E-state index >= 15 is 0 Å². The predicted octanol–water partition coefficient (Wildman–Crippen LogP) is 4.97. The second kappa shape index (κ2) is 6.93. The Labute approximate surface area is 147 Å². The molecule has 4 heteroatoms. The smallest absolute Gasteiger partial charge is 0.141 e. The molecular formula is C21H21FN2O. The molecule has 2 N–H and O–H groups in total. The van der Waals surface area contributed by atoms with Crippen LogP contribution < -0.4 is 10.5 Å². The van der Waals surface area contributed by atoms with Gasteiger partial charge in [0.25, 0.3) is 0 Å². The van der Waals surface area contributed by atoms with Crippen LogP contribution in [0.15, 0.2) is 48.7 Å². The number of aromatic nitrogens is 1. The number of aryl methyl sites for hydroxylation is 3. The van der Waals surface area contributed by atoms with Crippen molar-refractivity contribution in [2.75, 3.05) is 5.73 Å². The summed E-state index contributed by atoms with van der Waals surface area (Å²) in [5.74, 6) is 0.472. The van der Waals surface area contributed by atoms with Gasteiger partial charge >= 0.3 is 0 Å². The fourth-order valence-corrected chi connectivity index (χ4v) is 2.83. The third-order valence-electron chi connectivity index (χ3n) is 4.34. The van der Waals surface area contributed by atoms with Crippen LogP contribution in [0.4, 0.5) is 10.1 Å². The van der Waals surface area contributed by atoms with Crippen molar-refractivity contribution in [1.29, 1.82) is 0 Å². The standard InChI is InChI=1S/C21H21FN2O/c1-13-5-4-6-19(23)18(13)12-25-21-10-14(2)17(9-15(21)3)20-8-7-16(22)11-24-20/h4-11H,12,23H2,1-3H3. The van der Waals surface area contributed by atoms with E-state index in [4.69, 9.17) is 10.5 Å². The molecule has 25 heavy (non-hydrogen) atoms. The summed E-state index contributed by atoms with van der Waals surface area (Å²) < 4.78 is 19.1. The van der Waals surface area contributed by atoms with Crippen LogP contribution in [-0.2, 0) is 6.61 Å². The zero-order chi connectivity index (χ0) is 18.0. The lowest BCUT2D eigenvalue weighted by Crippen LogP contribution is -2.04. The van der Waals surface area contributed by atoms with Crippen LogP contribution in [0, 0.1) is 26.6 Å². The molecule has 0 amide bonds. The average Bonchev–Trinajstić information content (AvgIpc) is 2.58. The molecule has 0 spiro atoms. The molecule has 0 unspecified atom stereocenters. The molecule has 0 aliphatic heterocycles. The van der Waals surface area contributed by atoms with Crippen LogP contribution in [0.3, 0.4) is 0 Å². The van der Waals surface area contributed by atoms with Gasteiger partial charge < -0.3 is 10.5 Å². The Morgan fingerprint density at radius 1 is 1.00 bits per heavy atom. The van der Waals surface area contributed by atoms with Gasteiger partial charge in [-0.05, 0) is 67.8 Å². The lowest BCUT2D eigenvalue weighted by Gasteiger charge is -2.15. The van der Waals surface area contributed by atoms with E-state index in [1.165, 1.54) is 12.3 Å². The molecule has 1 heterocycles. The van der Waals surface area contributed by atoms with E-state index in [-0.39, 0.29) is 5.82 Å². The van der Waals surface area contributed by atoms with E-state index in [1.54, 1.807) is 6.07 Å². The zero-order valence-corrected chi connectivity index (χ0v) is 14.6. The average molecular weight is 336 g/mol. The van der Waals surface area contributed by atoms with Gasteiger partial charge in [-0.2, -0.15) is 0 Å². The molecule has 0 atom stereocenters. The van der Waals surface area contributed by atoms with Gasteiger partial charge in [-0.1, -0.05) is 12.1 Å². The van der Waals surface area contributed by atoms with E-state index in [2.05, 4.69) is 4.98 Å². The van der Waals surface area contributed by atoms with E-state index in [0.29, 0.717) is 6.61 Å². The first-order valence-electron chi connectivity index (χ1n) is 8.15. The van der Waals surface area contributed by atoms with Crippen LogP contribution >= 0.6 is 0 Å². The Balaban J connectivity index is 1.86. The normalized spacial score (nSPS) is 10.7. The zero-order valence-electron chi connectivity index (χ0n) is 14.6. The summed E-state index contributed by atoms with van der Waals surface area (Å²) in [5, 5.41) is 0. The van der Waals surface area contributed by atoms with Gasteiger partial charge in [-0.25, -0.2) is 4.39 Å². The quantitative estimate of drug-likeness (QED) is 0.684. The Hall–Kier alpha value is -2.88. The van der Waals surface area contributed by atoms with E-state index in [1.807, 2.05) is 51.1 Å². The molecule has 3 aromatic rings. The Kier molecular flexibility index (Phi) is 4.70. The van der Waals surface area contributed by atoms with Gasteiger partial charge in [-0.15, -0.1) is 0 Å². The predicted molar refractivity (Wildman–Crippen MR) is 99.0 cm³/mol. The molecular weight excluding hydrogens is 315 g/mol. The molecule has 2 aromatic carbocycles. The van der Waals surface area contributed by atoms with Crippen LogP contribution in [-0.4, -0.2) is 4.98 Å². The molecule has 1 aromatic heterocycles. The maximum Gasteiger partial charge on any atom is 0.141 e. The number of pyridine rings is 1. The number of anilines is 1. The van der Waals surface area contributed by atoms with Crippen molar-refractivity contribution in [2.45, 2.75) is 27.4 Å². The van der Waals surface area contributed by atoms with Crippen molar-refractivity contribution in [2.24, 2.45) is 0 Å². The summed E-state index contributed by atoms with van der Waals surface area (Å²) >= 11 is 0. The van der Waals surface area contributed by atoms with Crippen molar-refractivity contribution < 1.29 is 9.13 Å². The topological polar surface area (TPSA) is 48.1 Å². The number of nitrogens with two attached hydrogens (primary N) is 1. The Bertz CT molecular complexity index is 884. The van der Waals surface area contributed by atoms with Crippen LogP contribution in [0.1, 0.15) is 22.3 Å². The third-order valence-corrected chi connectivity index (χ3v) is 4.34. The number of nitrogens with zero attached hydrogens (tertiary/aromatic N) is 1. The molecule has 0 aliphatic rings. The number of nitrogen functional groups attached to an aromatic ring is 1. The number of benzene rings is 2. The van der Waals surface area contributed by atoms with Crippen molar-refractivity contribution in [3.8, 4) is 17.0 Å². The first-order valence-corrected chi connectivity index (χ1v) is 8.15. The summed E-state index contributed by atoms with van der Waals surface area (Å²) in [6.07, 6.45) is 1.23. The number of rotatable bonds is 4. The third kappa shape index (κ3) is 3.63. The maximum absolute atomic E-state index is 13.1. The van der Waals surface area contributed by atoms with Crippen LogP contribution in [0.25, 0.3) is 11.3 Å². The van der Waals surface area contributed by atoms with Gasteiger partial charge in [0.05, 0.1) is 11.9 Å². The fraction of sp³-hybridized carbons (Fsp3) is 0.190.